The van der Waals surface area contributed by atoms with E-state index in [1.54, 1.807) is 7.11 Å². The first-order chi connectivity index (χ1) is 8.63. The van der Waals surface area contributed by atoms with E-state index in [1.807, 2.05) is 24.3 Å². The van der Waals surface area contributed by atoms with Crippen LogP contribution in [0.1, 0.15) is 18.4 Å². The highest BCUT2D eigenvalue weighted by Gasteiger charge is 2.14. The number of esters is 1. The van der Waals surface area contributed by atoms with Gasteiger partial charge in [-0.05, 0) is 30.5 Å². The van der Waals surface area contributed by atoms with Gasteiger partial charge < -0.3 is 15.2 Å². The topological polar surface area (TPSA) is 61.5 Å². The van der Waals surface area contributed by atoms with Crippen molar-refractivity contribution in [2.24, 2.45) is 5.73 Å². The minimum Gasteiger partial charge on any atom is -0.460 e. The van der Waals surface area contributed by atoms with Crippen LogP contribution in [0.15, 0.2) is 28.7 Å². The maximum atomic E-state index is 11.6. The fourth-order valence-corrected chi connectivity index (χ4v) is 1.90. The molecule has 0 bridgehead atoms. The molecular weight excluding hydrogens is 298 g/mol. The Morgan fingerprint density at radius 2 is 2.28 bits per heavy atom. The van der Waals surface area contributed by atoms with Gasteiger partial charge in [0.2, 0.25) is 0 Å². The Balaban J connectivity index is 2.32. The predicted octanol–water partition coefficient (Wildman–Crippen LogP) is 2.25. The maximum absolute atomic E-state index is 11.6. The van der Waals surface area contributed by atoms with Gasteiger partial charge in [-0.1, -0.05) is 28.1 Å². The molecule has 1 aromatic rings. The van der Waals surface area contributed by atoms with Crippen LogP contribution in [0.5, 0.6) is 0 Å². The Hall–Kier alpha value is -0.910. The summed E-state index contributed by atoms with van der Waals surface area (Å²) in [6, 6.07) is 7.04. The van der Waals surface area contributed by atoms with Gasteiger partial charge in [0, 0.05) is 18.2 Å². The third-order valence-corrected chi connectivity index (χ3v) is 2.93. The van der Waals surface area contributed by atoms with Gasteiger partial charge in [0.25, 0.3) is 0 Å². The van der Waals surface area contributed by atoms with Crippen LogP contribution in [0.25, 0.3) is 0 Å². The summed E-state index contributed by atoms with van der Waals surface area (Å²) in [7, 11) is 1.62. The van der Waals surface area contributed by atoms with Crippen molar-refractivity contribution in [1.82, 2.24) is 0 Å². The minimum atomic E-state index is -0.577. The number of benzene rings is 1. The normalized spacial score (nSPS) is 12.2. The minimum absolute atomic E-state index is 0.246. The van der Waals surface area contributed by atoms with Gasteiger partial charge in [0.15, 0.2) is 0 Å². The van der Waals surface area contributed by atoms with Crippen LogP contribution in [-0.2, 0) is 20.9 Å². The molecule has 0 aliphatic heterocycles. The van der Waals surface area contributed by atoms with Crippen molar-refractivity contribution in [2.75, 3.05) is 13.7 Å². The molecule has 0 aliphatic carbocycles. The van der Waals surface area contributed by atoms with Gasteiger partial charge in [-0.15, -0.1) is 0 Å². The smallest absolute Gasteiger partial charge is 0.323 e. The number of ether oxygens (including phenoxy) is 2. The van der Waals surface area contributed by atoms with Crippen molar-refractivity contribution in [3.05, 3.63) is 34.3 Å². The molecule has 0 saturated carbocycles. The first-order valence-electron chi connectivity index (χ1n) is 5.79. The number of hydrogen-bond donors (Lipinski definition) is 1. The van der Waals surface area contributed by atoms with Gasteiger partial charge in [-0.3, -0.25) is 4.79 Å². The fraction of sp³-hybridized carbons (Fsp3) is 0.462. The lowest BCUT2D eigenvalue weighted by Gasteiger charge is -2.11. The summed E-state index contributed by atoms with van der Waals surface area (Å²) in [5, 5.41) is 0. The van der Waals surface area contributed by atoms with Crippen LogP contribution in [0.2, 0.25) is 0 Å². The largest absolute Gasteiger partial charge is 0.460 e. The third kappa shape index (κ3) is 5.62. The Morgan fingerprint density at radius 3 is 2.94 bits per heavy atom. The average Bonchev–Trinajstić information content (AvgIpc) is 2.36. The van der Waals surface area contributed by atoms with E-state index in [1.165, 1.54) is 0 Å². The quantitative estimate of drug-likeness (QED) is 0.619. The van der Waals surface area contributed by atoms with Gasteiger partial charge in [-0.25, -0.2) is 0 Å². The Kier molecular flexibility index (Phi) is 6.93. The second kappa shape index (κ2) is 8.24. The molecule has 0 fully saturated rings. The van der Waals surface area contributed by atoms with Crippen molar-refractivity contribution in [2.45, 2.75) is 25.5 Å². The summed E-state index contributed by atoms with van der Waals surface area (Å²) in [4.78, 5) is 11.6. The molecule has 1 rings (SSSR count). The highest BCUT2D eigenvalue weighted by atomic mass is 79.9. The lowest BCUT2D eigenvalue weighted by molar-refractivity contribution is -0.146. The first-order valence-corrected chi connectivity index (χ1v) is 6.58. The average molecular weight is 316 g/mol. The summed E-state index contributed by atoms with van der Waals surface area (Å²) in [5.74, 6) is -0.369. The zero-order valence-corrected chi connectivity index (χ0v) is 12.0. The SMILES string of the molecule is COCCCC(N)C(=O)OCc1cccc(Br)c1. The Bertz CT molecular complexity index is 384. The third-order valence-electron chi connectivity index (χ3n) is 2.44. The number of rotatable bonds is 7. The molecular formula is C13H18BrNO3. The number of carbonyl (C=O) groups excluding carboxylic acids is 1. The second-order valence-electron chi connectivity index (χ2n) is 3.98. The molecule has 18 heavy (non-hydrogen) atoms. The van der Waals surface area contributed by atoms with E-state index in [2.05, 4.69) is 15.9 Å². The molecule has 0 aromatic heterocycles. The number of halogens is 1. The summed E-state index contributed by atoms with van der Waals surface area (Å²) in [5.41, 5.74) is 6.64. The van der Waals surface area contributed by atoms with Crippen LogP contribution in [0.3, 0.4) is 0 Å². The van der Waals surface area contributed by atoms with E-state index in [9.17, 15) is 4.79 Å². The van der Waals surface area contributed by atoms with E-state index in [0.29, 0.717) is 13.0 Å². The molecule has 1 unspecified atom stereocenters. The molecule has 0 saturated heterocycles. The highest BCUT2D eigenvalue weighted by Crippen LogP contribution is 2.12. The molecule has 2 N–H and O–H groups in total. The van der Waals surface area contributed by atoms with Crippen molar-refractivity contribution in [3.63, 3.8) is 0 Å². The van der Waals surface area contributed by atoms with Gasteiger partial charge in [0.05, 0.1) is 0 Å². The van der Waals surface area contributed by atoms with Gasteiger partial charge in [0.1, 0.15) is 12.6 Å². The molecule has 0 aliphatic rings. The second-order valence-corrected chi connectivity index (χ2v) is 4.89. The molecule has 1 atom stereocenters. The Morgan fingerprint density at radius 1 is 1.50 bits per heavy atom. The zero-order chi connectivity index (χ0) is 13.4. The standard InChI is InChI=1S/C13H18BrNO3/c1-17-7-3-6-12(15)13(16)18-9-10-4-2-5-11(14)8-10/h2,4-5,8,12H,3,6-7,9,15H2,1H3. The van der Waals surface area contributed by atoms with Crippen molar-refractivity contribution in [3.8, 4) is 0 Å². The monoisotopic (exact) mass is 315 g/mol. The molecule has 0 heterocycles. The van der Waals surface area contributed by atoms with E-state index >= 15 is 0 Å². The number of hydrogen-bond acceptors (Lipinski definition) is 4. The summed E-state index contributed by atoms with van der Waals surface area (Å²) in [6.45, 7) is 0.850. The van der Waals surface area contributed by atoms with Crippen molar-refractivity contribution in [1.29, 1.82) is 0 Å². The van der Waals surface area contributed by atoms with Crippen LogP contribution >= 0.6 is 15.9 Å². The lowest BCUT2D eigenvalue weighted by atomic mass is 10.2. The summed E-state index contributed by atoms with van der Waals surface area (Å²) >= 11 is 3.36. The van der Waals surface area contributed by atoms with E-state index in [-0.39, 0.29) is 12.6 Å². The molecule has 4 nitrogen and oxygen atoms in total. The van der Waals surface area contributed by atoms with Crippen LogP contribution in [0, 0.1) is 0 Å². The molecule has 5 heteroatoms. The number of carbonyl (C=O) groups is 1. The Labute approximate surface area is 116 Å². The lowest BCUT2D eigenvalue weighted by Crippen LogP contribution is -2.32. The first kappa shape index (κ1) is 15.1. The number of methoxy groups -OCH3 is 1. The van der Waals surface area contributed by atoms with Crippen LogP contribution < -0.4 is 5.73 Å². The van der Waals surface area contributed by atoms with E-state index < -0.39 is 6.04 Å². The van der Waals surface area contributed by atoms with Crippen LogP contribution in [0.4, 0.5) is 0 Å². The fourth-order valence-electron chi connectivity index (χ4n) is 1.45. The summed E-state index contributed by atoms with van der Waals surface area (Å²) in [6.07, 6.45) is 1.33. The molecule has 0 spiro atoms. The van der Waals surface area contributed by atoms with Gasteiger partial charge in [-0.2, -0.15) is 0 Å². The molecule has 0 radical (unpaired) electrons. The molecule has 1 aromatic carbocycles. The van der Waals surface area contributed by atoms with Crippen molar-refractivity contribution < 1.29 is 14.3 Å². The maximum Gasteiger partial charge on any atom is 0.323 e. The predicted molar refractivity (Wildman–Crippen MR) is 73.0 cm³/mol. The summed E-state index contributed by atoms with van der Waals surface area (Å²) < 4.78 is 11.0. The van der Waals surface area contributed by atoms with E-state index in [4.69, 9.17) is 15.2 Å². The van der Waals surface area contributed by atoms with E-state index in [0.717, 1.165) is 16.5 Å². The molecule has 0 amide bonds. The number of nitrogens with two attached hydrogens (primary N) is 1. The van der Waals surface area contributed by atoms with Crippen molar-refractivity contribution >= 4 is 21.9 Å². The highest BCUT2D eigenvalue weighted by molar-refractivity contribution is 9.10. The molecule has 100 valence electrons. The zero-order valence-electron chi connectivity index (χ0n) is 10.4. The van der Waals surface area contributed by atoms with Crippen LogP contribution in [-0.4, -0.2) is 25.7 Å². The van der Waals surface area contributed by atoms with Gasteiger partial charge >= 0.3 is 5.97 Å².